The van der Waals surface area contributed by atoms with Gasteiger partial charge in [-0.15, -0.1) is 0 Å². The highest BCUT2D eigenvalue weighted by Crippen LogP contribution is 2.35. The Bertz CT molecular complexity index is 1800. The molecule has 0 aliphatic heterocycles. The fourth-order valence-electron chi connectivity index (χ4n) is 5.47. The van der Waals surface area contributed by atoms with E-state index in [4.69, 9.17) is 9.47 Å². The van der Waals surface area contributed by atoms with Gasteiger partial charge in [0.05, 0.1) is 6.61 Å². The first-order chi connectivity index (χ1) is 23.1. The summed E-state index contributed by atoms with van der Waals surface area (Å²) in [5.74, 6) is 1.63. The van der Waals surface area contributed by atoms with E-state index in [9.17, 15) is 4.79 Å². The van der Waals surface area contributed by atoms with Crippen LogP contribution in [0.1, 0.15) is 41.2 Å². The lowest BCUT2D eigenvalue weighted by molar-refractivity contribution is -0.137. The maximum absolute atomic E-state index is 11.5. The molecule has 0 atom stereocenters. The van der Waals surface area contributed by atoms with Gasteiger partial charge in [-0.1, -0.05) is 91.9 Å². The largest absolute Gasteiger partial charge is 0.451 e. The Morgan fingerprint density at radius 1 is 0.638 bits per heavy atom. The van der Waals surface area contributed by atoms with Crippen LogP contribution in [0.2, 0.25) is 0 Å². The average molecular weight is 621 g/mol. The van der Waals surface area contributed by atoms with Crippen LogP contribution in [0.3, 0.4) is 0 Å². The molecule has 0 fully saturated rings. The summed E-state index contributed by atoms with van der Waals surface area (Å²) >= 11 is 0. The summed E-state index contributed by atoms with van der Waals surface area (Å²) in [5, 5.41) is 0. The van der Waals surface area contributed by atoms with Crippen molar-refractivity contribution in [1.29, 1.82) is 0 Å². The van der Waals surface area contributed by atoms with Crippen LogP contribution < -0.4 is 4.90 Å². The van der Waals surface area contributed by atoms with E-state index >= 15 is 0 Å². The molecular weight excluding hydrogens is 580 g/mol. The number of benzene rings is 5. The minimum atomic E-state index is -0.616. The smallest absolute Gasteiger partial charge is 0.386 e. The minimum Gasteiger partial charge on any atom is -0.451 e. The van der Waals surface area contributed by atoms with Crippen LogP contribution >= 0.6 is 0 Å². The summed E-state index contributed by atoms with van der Waals surface area (Å²) in [6, 6.07) is 45.4. The third-order valence-corrected chi connectivity index (χ3v) is 8.08. The molecule has 5 aromatic carbocycles. The molecule has 0 saturated heterocycles. The van der Waals surface area contributed by atoms with E-state index in [-0.39, 0.29) is 6.61 Å². The van der Waals surface area contributed by atoms with Gasteiger partial charge >= 0.3 is 5.97 Å². The number of rotatable bonds is 13. The number of carbonyl (C=O) groups is 1. The lowest BCUT2D eigenvalue weighted by Gasteiger charge is -2.26. The molecule has 0 unspecified atom stereocenters. The van der Waals surface area contributed by atoms with Gasteiger partial charge in [0, 0.05) is 42.9 Å². The van der Waals surface area contributed by atoms with Crippen molar-refractivity contribution in [3.8, 4) is 23.1 Å². The van der Waals surface area contributed by atoms with Crippen molar-refractivity contribution in [2.24, 2.45) is 4.99 Å². The first-order valence-electron chi connectivity index (χ1n) is 15.9. The van der Waals surface area contributed by atoms with Gasteiger partial charge in [-0.2, -0.15) is 0 Å². The molecule has 47 heavy (non-hydrogen) atoms. The topological polar surface area (TPSA) is 51.1 Å². The molecule has 0 amide bonds. The standard InChI is InChI=1S/C42H40N2O3/c1-4-32-12-22-39(23-13-32)44(41-26-16-35(17-27-41)30-46-3)40-24-14-34(15-25-40)7-5-6-33-8-18-37(19-9-33)38-20-10-36(11-21-38)31-47-42(45)28-29-43-2/h8-27H,2,4-7,30-31H2,1,3H3. The zero-order valence-corrected chi connectivity index (χ0v) is 27.1. The number of aliphatic imine (C=N–C) groups is 1. The summed E-state index contributed by atoms with van der Waals surface area (Å²) in [4.78, 5) is 17.2. The Hall–Kier alpha value is -5.44. The van der Waals surface area contributed by atoms with Gasteiger partial charge in [-0.3, -0.25) is 0 Å². The number of hydrogen-bond donors (Lipinski definition) is 0. The predicted molar refractivity (Wildman–Crippen MR) is 192 cm³/mol. The zero-order chi connectivity index (χ0) is 32.8. The van der Waals surface area contributed by atoms with E-state index in [1.807, 2.05) is 24.3 Å². The van der Waals surface area contributed by atoms with Crippen molar-refractivity contribution in [3.63, 3.8) is 0 Å². The zero-order valence-electron chi connectivity index (χ0n) is 27.1. The lowest BCUT2D eigenvalue weighted by atomic mass is 9.99. The minimum absolute atomic E-state index is 0.167. The van der Waals surface area contributed by atoms with Crippen molar-refractivity contribution >= 4 is 29.7 Å². The van der Waals surface area contributed by atoms with Crippen molar-refractivity contribution in [2.75, 3.05) is 12.0 Å². The Balaban J connectivity index is 1.18. The number of carbonyl (C=O) groups excluding carboxylic acids is 1. The van der Waals surface area contributed by atoms with Gasteiger partial charge < -0.3 is 14.4 Å². The van der Waals surface area contributed by atoms with E-state index in [1.165, 1.54) is 16.7 Å². The second kappa shape index (κ2) is 16.7. The number of hydrogen-bond acceptors (Lipinski definition) is 5. The number of anilines is 3. The molecule has 5 nitrogen and oxygen atoms in total. The van der Waals surface area contributed by atoms with Crippen LogP contribution in [0.25, 0.3) is 11.1 Å². The molecule has 236 valence electrons. The van der Waals surface area contributed by atoms with Gasteiger partial charge in [-0.25, -0.2) is 9.79 Å². The quantitative estimate of drug-likeness (QED) is 0.0748. The SMILES string of the molecule is C=NC#CC(=O)OCc1ccc(-c2ccc(CCCc3ccc(N(c4ccc(CC)cc4)c4ccc(COC)cc4)cc3)cc2)cc1. The molecule has 0 aliphatic carbocycles. The van der Waals surface area contributed by atoms with Crippen molar-refractivity contribution in [1.82, 2.24) is 0 Å². The molecular formula is C42H40N2O3. The van der Waals surface area contributed by atoms with Crippen LogP contribution in [-0.4, -0.2) is 19.8 Å². The fourth-order valence-corrected chi connectivity index (χ4v) is 5.47. The Morgan fingerprint density at radius 3 is 1.53 bits per heavy atom. The van der Waals surface area contributed by atoms with Crippen molar-refractivity contribution in [2.45, 2.75) is 45.8 Å². The van der Waals surface area contributed by atoms with Crippen LogP contribution in [0, 0.1) is 12.0 Å². The Morgan fingerprint density at radius 2 is 1.06 bits per heavy atom. The first kappa shape index (κ1) is 32.9. The van der Waals surface area contributed by atoms with Crippen LogP contribution in [0.5, 0.6) is 0 Å². The summed E-state index contributed by atoms with van der Waals surface area (Å²) in [7, 11) is 1.72. The number of ether oxygens (including phenoxy) is 2. The first-order valence-corrected chi connectivity index (χ1v) is 15.9. The van der Waals surface area contributed by atoms with Gasteiger partial charge in [0.25, 0.3) is 0 Å². The summed E-state index contributed by atoms with van der Waals surface area (Å²) in [6.07, 6.45) is 4.12. The maximum Gasteiger partial charge on any atom is 0.386 e. The molecule has 5 rings (SSSR count). The highest BCUT2D eigenvalue weighted by atomic mass is 16.5. The van der Waals surface area contributed by atoms with Crippen LogP contribution in [0.4, 0.5) is 17.1 Å². The second-order valence-electron chi connectivity index (χ2n) is 11.3. The van der Waals surface area contributed by atoms with E-state index in [0.29, 0.717) is 6.61 Å². The van der Waals surface area contributed by atoms with Gasteiger partial charge in [0.1, 0.15) is 6.61 Å². The molecule has 0 bridgehead atoms. The molecule has 0 aliphatic rings. The van der Waals surface area contributed by atoms with Crippen LogP contribution in [-0.2, 0) is 46.7 Å². The number of methoxy groups -OCH3 is 1. The normalized spacial score (nSPS) is 10.5. The average Bonchev–Trinajstić information content (AvgIpc) is 3.12. The third-order valence-electron chi connectivity index (χ3n) is 8.08. The lowest BCUT2D eigenvalue weighted by Crippen LogP contribution is -2.10. The Kier molecular flexibility index (Phi) is 11.7. The molecule has 5 aromatic rings. The number of esters is 1. The van der Waals surface area contributed by atoms with Gasteiger partial charge in [-0.05, 0) is 101 Å². The fraction of sp³-hybridized carbons (Fsp3) is 0.190. The Labute approximate surface area is 278 Å². The maximum atomic E-state index is 11.5. The molecule has 0 radical (unpaired) electrons. The van der Waals surface area contributed by atoms with Crippen molar-refractivity contribution in [3.05, 3.63) is 149 Å². The summed E-state index contributed by atoms with van der Waals surface area (Å²) in [5.41, 5.74) is 11.7. The van der Waals surface area contributed by atoms with Crippen LogP contribution in [0.15, 0.2) is 126 Å². The predicted octanol–water partition coefficient (Wildman–Crippen LogP) is 9.41. The van der Waals surface area contributed by atoms with E-state index < -0.39 is 5.97 Å². The summed E-state index contributed by atoms with van der Waals surface area (Å²) < 4.78 is 10.4. The molecule has 0 N–H and O–H groups in total. The van der Waals surface area contributed by atoms with E-state index in [1.54, 1.807) is 7.11 Å². The highest BCUT2D eigenvalue weighted by Gasteiger charge is 2.13. The van der Waals surface area contributed by atoms with E-state index in [2.05, 4.69) is 133 Å². The molecule has 0 saturated carbocycles. The third kappa shape index (κ3) is 9.29. The van der Waals surface area contributed by atoms with E-state index in [0.717, 1.165) is 65.0 Å². The van der Waals surface area contributed by atoms with Gasteiger partial charge in [0.2, 0.25) is 0 Å². The monoisotopic (exact) mass is 620 g/mol. The second-order valence-corrected chi connectivity index (χ2v) is 11.3. The molecule has 0 spiro atoms. The van der Waals surface area contributed by atoms with Gasteiger partial charge in [0.15, 0.2) is 0 Å². The van der Waals surface area contributed by atoms with Crippen molar-refractivity contribution < 1.29 is 14.3 Å². The number of nitrogens with zero attached hydrogens (tertiary/aromatic N) is 2. The molecule has 0 aromatic heterocycles. The number of aryl methyl sites for hydroxylation is 3. The molecule has 5 heteroatoms. The summed E-state index contributed by atoms with van der Waals surface area (Å²) in [6.45, 7) is 6.17. The molecule has 0 heterocycles. The highest BCUT2D eigenvalue weighted by molar-refractivity contribution is 5.88.